The summed E-state index contributed by atoms with van der Waals surface area (Å²) in [6.07, 6.45) is 1.50. The van der Waals surface area contributed by atoms with Crippen molar-refractivity contribution in [2.75, 3.05) is 0 Å². The third kappa shape index (κ3) is 2.00. The average Bonchev–Trinajstić information content (AvgIpc) is 2.71. The predicted octanol–water partition coefficient (Wildman–Crippen LogP) is 2.29. The van der Waals surface area contributed by atoms with Crippen LogP contribution in [-0.4, -0.2) is 20.5 Å². The fourth-order valence-electron chi connectivity index (χ4n) is 1.73. The molecule has 0 aliphatic rings. The van der Waals surface area contributed by atoms with Crippen LogP contribution in [0.1, 0.15) is 23.0 Å². The summed E-state index contributed by atoms with van der Waals surface area (Å²) in [7, 11) is 0. The molecule has 0 aliphatic carbocycles. The molecule has 6 heteroatoms. The minimum absolute atomic E-state index is 0.0235. The van der Waals surface area contributed by atoms with E-state index in [0.29, 0.717) is 11.3 Å². The highest BCUT2D eigenvalue weighted by atomic mass is 16.6. The van der Waals surface area contributed by atoms with Crippen molar-refractivity contribution < 1.29 is 9.72 Å². The van der Waals surface area contributed by atoms with E-state index in [-0.39, 0.29) is 11.5 Å². The number of benzene rings is 1. The van der Waals surface area contributed by atoms with Crippen LogP contribution in [0.2, 0.25) is 0 Å². The number of non-ortho nitro benzene ring substituents is 1. The van der Waals surface area contributed by atoms with Crippen LogP contribution in [0.25, 0.3) is 5.69 Å². The van der Waals surface area contributed by atoms with Crippen molar-refractivity contribution in [3.8, 4) is 5.69 Å². The average molecular weight is 245 g/mol. The lowest BCUT2D eigenvalue weighted by molar-refractivity contribution is -0.384. The summed E-state index contributed by atoms with van der Waals surface area (Å²) in [6.45, 7) is 3.26. The zero-order valence-corrected chi connectivity index (χ0v) is 9.95. The van der Waals surface area contributed by atoms with Crippen molar-refractivity contribution in [1.29, 1.82) is 0 Å². The maximum atomic E-state index is 11.3. The van der Waals surface area contributed by atoms with Crippen LogP contribution in [0, 0.1) is 17.0 Å². The minimum Gasteiger partial charge on any atom is -0.294 e. The first-order valence-electron chi connectivity index (χ1n) is 5.31. The number of nitro groups is 1. The Hall–Kier alpha value is -2.50. The van der Waals surface area contributed by atoms with Crippen LogP contribution >= 0.6 is 0 Å². The lowest BCUT2D eigenvalue weighted by atomic mass is 10.2. The number of Topliss-reactive ketones (excluding diaryl/α,β-unsaturated/α-hetero) is 1. The Morgan fingerprint density at radius 3 is 2.39 bits per heavy atom. The first-order valence-corrected chi connectivity index (χ1v) is 5.31. The van der Waals surface area contributed by atoms with Gasteiger partial charge in [0.15, 0.2) is 5.78 Å². The number of ketones is 1. The van der Waals surface area contributed by atoms with Crippen molar-refractivity contribution in [2.45, 2.75) is 13.8 Å². The van der Waals surface area contributed by atoms with E-state index in [4.69, 9.17) is 0 Å². The molecule has 0 fully saturated rings. The van der Waals surface area contributed by atoms with Crippen molar-refractivity contribution in [1.82, 2.24) is 9.78 Å². The van der Waals surface area contributed by atoms with Crippen LogP contribution in [0.3, 0.4) is 0 Å². The first kappa shape index (κ1) is 12.0. The van der Waals surface area contributed by atoms with Gasteiger partial charge in [-0.2, -0.15) is 5.10 Å². The third-order valence-electron chi connectivity index (χ3n) is 2.69. The van der Waals surface area contributed by atoms with Gasteiger partial charge < -0.3 is 0 Å². The molecular weight excluding hydrogens is 234 g/mol. The molecule has 0 radical (unpaired) electrons. The van der Waals surface area contributed by atoms with Gasteiger partial charge in [-0.05, 0) is 26.0 Å². The highest BCUT2D eigenvalue weighted by Crippen LogP contribution is 2.18. The molecule has 0 unspecified atom stereocenters. The normalized spacial score (nSPS) is 10.3. The number of hydrogen-bond acceptors (Lipinski definition) is 4. The zero-order chi connectivity index (χ0) is 13.3. The molecule has 2 aromatic rings. The molecule has 6 nitrogen and oxygen atoms in total. The number of nitro benzene ring substituents is 1. The molecule has 1 heterocycles. The quantitative estimate of drug-likeness (QED) is 0.472. The Morgan fingerprint density at radius 1 is 1.33 bits per heavy atom. The SMILES string of the molecule is CC(=O)c1cnn(-c2ccc([N+](=O)[O-])cc2)c1C. The maximum Gasteiger partial charge on any atom is 0.269 e. The maximum absolute atomic E-state index is 11.3. The minimum atomic E-state index is -0.458. The number of aromatic nitrogens is 2. The van der Waals surface area contributed by atoms with E-state index in [2.05, 4.69) is 5.10 Å². The summed E-state index contributed by atoms with van der Waals surface area (Å²) >= 11 is 0. The van der Waals surface area contributed by atoms with Gasteiger partial charge in [-0.3, -0.25) is 14.9 Å². The highest BCUT2D eigenvalue weighted by Gasteiger charge is 2.12. The third-order valence-corrected chi connectivity index (χ3v) is 2.69. The summed E-state index contributed by atoms with van der Waals surface area (Å²) in [5.41, 5.74) is 1.98. The molecule has 1 aromatic heterocycles. The summed E-state index contributed by atoms with van der Waals surface area (Å²) in [6, 6.07) is 6.01. The van der Waals surface area contributed by atoms with E-state index in [9.17, 15) is 14.9 Å². The Kier molecular flexibility index (Phi) is 2.93. The Balaban J connectivity index is 2.43. The molecule has 0 saturated heterocycles. The van der Waals surface area contributed by atoms with E-state index in [1.807, 2.05) is 0 Å². The Labute approximate surface area is 103 Å². The van der Waals surface area contributed by atoms with Gasteiger partial charge in [-0.1, -0.05) is 0 Å². The molecule has 0 atom stereocenters. The highest BCUT2D eigenvalue weighted by molar-refractivity contribution is 5.95. The van der Waals surface area contributed by atoms with Gasteiger partial charge >= 0.3 is 0 Å². The van der Waals surface area contributed by atoms with Gasteiger partial charge in [0.2, 0.25) is 0 Å². The largest absolute Gasteiger partial charge is 0.294 e. The number of carbonyl (C=O) groups excluding carboxylic acids is 1. The van der Waals surface area contributed by atoms with Gasteiger partial charge in [0.25, 0.3) is 5.69 Å². The van der Waals surface area contributed by atoms with Crippen LogP contribution in [0.15, 0.2) is 30.5 Å². The van der Waals surface area contributed by atoms with Crippen molar-refractivity contribution in [3.05, 3.63) is 51.8 Å². The van der Waals surface area contributed by atoms with Crippen LogP contribution < -0.4 is 0 Å². The standard InChI is InChI=1S/C12H11N3O3/c1-8-12(9(2)16)7-13-14(8)10-3-5-11(6-4-10)15(17)18/h3-7H,1-2H3. The molecule has 0 saturated carbocycles. The van der Waals surface area contributed by atoms with Gasteiger partial charge in [-0.15, -0.1) is 0 Å². The van der Waals surface area contributed by atoms with E-state index in [0.717, 1.165) is 5.69 Å². The fraction of sp³-hybridized carbons (Fsp3) is 0.167. The lowest BCUT2D eigenvalue weighted by Gasteiger charge is -2.04. The van der Waals surface area contributed by atoms with Gasteiger partial charge in [0.1, 0.15) is 0 Å². The fourth-order valence-corrected chi connectivity index (χ4v) is 1.73. The molecule has 0 N–H and O–H groups in total. The second-order valence-corrected chi connectivity index (χ2v) is 3.89. The van der Waals surface area contributed by atoms with Gasteiger partial charge in [-0.25, -0.2) is 4.68 Å². The molecule has 1 aromatic carbocycles. The molecule has 0 bridgehead atoms. The molecule has 0 amide bonds. The Bertz CT molecular complexity index is 614. The Morgan fingerprint density at radius 2 is 1.94 bits per heavy atom. The van der Waals surface area contributed by atoms with Crippen LogP contribution in [-0.2, 0) is 0 Å². The van der Waals surface area contributed by atoms with Crippen molar-refractivity contribution in [2.24, 2.45) is 0 Å². The van der Waals surface area contributed by atoms with E-state index < -0.39 is 4.92 Å². The predicted molar refractivity (Wildman–Crippen MR) is 65.0 cm³/mol. The summed E-state index contributed by atoms with van der Waals surface area (Å²) < 4.78 is 1.58. The molecule has 18 heavy (non-hydrogen) atoms. The van der Waals surface area contributed by atoms with Gasteiger partial charge in [0.05, 0.1) is 28.1 Å². The second-order valence-electron chi connectivity index (χ2n) is 3.89. The van der Waals surface area contributed by atoms with Crippen molar-refractivity contribution >= 4 is 11.5 Å². The smallest absolute Gasteiger partial charge is 0.269 e. The summed E-state index contributed by atoms with van der Waals surface area (Å²) in [5.74, 6) is -0.0549. The molecule has 0 spiro atoms. The van der Waals surface area contributed by atoms with Crippen LogP contribution in [0.4, 0.5) is 5.69 Å². The number of carbonyl (C=O) groups is 1. The molecule has 0 aliphatic heterocycles. The van der Waals surface area contributed by atoms with E-state index >= 15 is 0 Å². The topological polar surface area (TPSA) is 78.0 Å². The van der Waals surface area contributed by atoms with Crippen LogP contribution in [0.5, 0.6) is 0 Å². The first-order chi connectivity index (χ1) is 8.50. The number of rotatable bonds is 3. The lowest BCUT2D eigenvalue weighted by Crippen LogP contribution is -2.01. The zero-order valence-electron chi connectivity index (χ0n) is 9.95. The van der Waals surface area contributed by atoms with E-state index in [1.54, 1.807) is 23.7 Å². The molecule has 2 rings (SSSR count). The number of hydrogen-bond donors (Lipinski definition) is 0. The molecular formula is C12H11N3O3. The number of nitrogens with zero attached hydrogens (tertiary/aromatic N) is 3. The van der Waals surface area contributed by atoms with Crippen molar-refractivity contribution in [3.63, 3.8) is 0 Å². The second kappa shape index (κ2) is 4.40. The van der Waals surface area contributed by atoms with Gasteiger partial charge in [0, 0.05) is 12.1 Å². The summed E-state index contributed by atoms with van der Waals surface area (Å²) in [4.78, 5) is 21.4. The summed E-state index contributed by atoms with van der Waals surface area (Å²) in [5, 5.41) is 14.7. The monoisotopic (exact) mass is 245 g/mol. The molecule has 92 valence electrons. The van der Waals surface area contributed by atoms with E-state index in [1.165, 1.54) is 25.3 Å².